The molecule has 0 aliphatic heterocycles. The van der Waals surface area contributed by atoms with E-state index in [9.17, 15) is 12.8 Å². The zero-order chi connectivity index (χ0) is 16.0. The minimum atomic E-state index is -4.06. The predicted molar refractivity (Wildman–Crippen MR) is 78.2 cm³/mol. The molecule has 0 aliphatic rings. The van der Waals surface area contributed by atoms with Gasteiger partial charge in [-0.25, -0.2) is 12.8 Å². The lowest BCUT2D eigenvalue weighted by atomic mass is 10.1. The van der Waals surface area contributed by atoms with E-state index in [4.69, 9.17) is 10.7 Å². The van der Waals surface area contributed by atoms with Crippen molar-refractivity contribution in [2.75, 3.05) is 0 Å². The summed E-state index contributed by atoms with van der Waals surface area (Å²) in [6, 6.07) is 4.37. The van der Waals surface area contributed by atoms with E-state index in [1.807, 2.05) is 0 Å². The first kappa shape index (κ1) is 15.9. The van der Waals surface area contributed by atoms with E-state index in [2.05, 4.69) is 10.2 Å². The van der Waals surface area contributed by atoms with Crippen LogP contribution in [0.5, 0.6) is 0 Å². The van der Waals surface area contributed by atoms with Crippen molar-refractivity contribution in [2.45, 2.75) is 38.4 Å². The maximum atomic E-state index is 13.6. The number of benzene rings is 1. The lowest BCUT2D eigenvalue weighted by molar-refractivity contribution is 0.367. The second-order valence-electron chi connectivity index (χ2n) is 5.77. The molecule has 0 fully saturated rings. The van der Waals surface area contributed by atoms with E-state index in [1.54, 1.807) is 33.8 Å². The van der Waals surface area contributed by atoms with Gasteiger partial charge in [0.25, 0.3) is 14.2 Å². The van der Waals surface area contributed by atoms with E-state index < -0.39 is 20.4 Å². The highest BCUT2D eigenvalue weighted by Gasteiger charge is 2.30. The summed E-state index contributed by atoms with van der Waals surface area (Å²) in [7, 11) is 1.35. The lowest BCUT2D eigenvalue weighted by Crippen LogP contribution is -2.25. The van der Waals surface area contributed by atoms with Gasteiger partial charge in [0.15, 0.2) is 5.82 Å². The fourth-order valence-corrected chi connectivity index (χ4v) is 3.10. The highest BCUT2D eigenvalue weighted by molar-refractivity contribution is 8.13. The Hall–Kier alpha value is -1.47. The Balaban J connectivity index is 2.79. The van der Waals surface area contributed by atoms with Gasteiger partial charge in [-0.05, 0) is 51.5 Å². The molecule has 1 heterocycles. The minimum Gasteiger partial charge on any atom is -0.291 e. The van der Waals surface area contributed by atoms with Crippen molar-refractivity contribution < 1.29 is 12.8 Å². The van der Waals surface area contributed by atoms with Gasteiger partial charge in [-0.3, -0.25) is 4.57 Å². The Morgan fingerprint density at radius 1 is 1.19 bits per heavy atom. The van der Waals surface area contributed by atoms with Gasteiger partial charge in [-0.15, -0.1) is 10.2 Å². The number of aromatic nitrogens is 3. The standard InChI is InChI=1S/C13H15ClFN3O2S/c1-8-5-9(7-10(15)6-8)11-16-17-12(21(14,19)20)18(11)13(2,3)4/h5-7H,1-4H3. The van der Waals surface area contributed by atoms with Gasteiger partial charge in [0.05, 0.1) is 0 Å². The molecule has 0 amide bonds. The monoisotopic (exact) mass is 331 g/mol. The summed E-state index contributed by atoms with van der Waals surface area (Å²) in [5, 5.41) is 7.19. The Morgan fingerprint density at radius 3 is 2.29 bits per heavy atom. The van der Waals surface area contributed by atoms with Crippen LogP contribution in [-0.2, 0) is 14.6 Å². The average Bonchev–Trinajstić information content (AvgIpc) is 2.70. The van der Waals surface area contributed by atoms with Crippen molar-refractivity contribution in [3.05, 3.63) is 29.6 Å². The molecule has 2 aromatic rings. The van der Waals surface area contributed by atoms with Crippen molar-refractivity contribution in [3.8, 4) is 11.4 Å². The summed E-state index contributed by atoms with van der Waals surface area (Å²) in [4.78, 5) is 0. The van der Waals surface area contributed by atoms with Crippen molar-refractivity contribution >= 4 is 19.7 Å². The fourth-order valence-electron chi connectivity index (χ4n) is 2.08. The summed E-state index contributed by atoms with van der Waals surface area (Å²) in [6.45, 7) is 7.11. The molecule has 8 heteroatoms. The highest BCUT2D eigenvalue weighted by atomic mass is 35.7. The second kappa shape index (κ2) is 5.06. The van der Waals surface area contributed by atoms with Crippen molar-refractivity contribution in [1.82, 2.24) is 14.8 Å². The molecular formula is C13H15ClFN3O2S. The van der Waals surface area contributed by atoms with E-state index in [0.717, 1.165) is 0 Å². The Kier molecular flexibility index (Phi) is 3.84. The Labute approximate surface area is 127 Å². The maximum absolute atomic E-state index is 13.6. The predicted octanol–water partition coefficient (Wildman–Crippen LogP) is 3.08. The third kappa shape index (κ3) is 3.24. The molecule has 2 rings (SSSR count). The van der Waals surface area contributed by atoms with Crippen LogP contribution in [0.1, 0.15) is 26.3 Å². The SMILES string of the molecule is Cc1cc(F)cc(-c2nnc(S(=O)(=O)Cl)n2C(C)(C)C)c1. The van der Waals surface area contributed by atoms with Crippen molar-refractivity contribution in [3.63, 3.8) is 0 Å². The lowest BCUT2D eigenvalue weighted by Gasteiger charge is -2.24. The molecule has 0 radical (unpaired) electrons. The summed E-state index contributed by atoms with van der Waals surface area (Å²) in [6.07, 6.45) is 0. The molecule has 0 unspecified atom stereocenters. The van der Waals surface area contributed by atoms with Crippen LogP contribution in [0, 0.1) is 12.7 Å². The third-order valence-electron chi connectivity index (χ3n) is 2.82. The quantitative estimate of drug-likeness (QED) is 0.793. The number of hydrogen-bond donors (Lipinski definition) is 0. The van der Waals surface area contributed by atoms with Gasteiger partial charge in [0.2, 0.25) is 0 Å². The molecule has 0 bridgehead atoms. The summed E-state index contributed by atoms with van der Waals surface area (Å²) < 4.78 is 38.3. The zero-order valence-corrected chi connectivity index (χ0v) is 13.6. The van der Waals surface area contributed by atoms with Crippen molar-refractivity contribution in [1.29, 1.82) is 0 Å². The molecule has 21 heavy (non-hydrogen) atoms. The fraction of sp³-hybridized carbons (Fsp3) is 0.385. The second-order valence-corrected chi connectivity index (χ2v) is 8.23. The molecule has 0 N–H and O–H groups in total. The molecule has 0 saturated heterocycles. The van der Waals surface area contributed by atoms with E-state index >= 15 is 0 Å². The summed E-state index contributed by atoms with van der Waals surface area (Å²) >= 11 is 0. The van der Waals surface area contributed by atoms with Gasteiger partial charge in [0.1, 0.15) is 5.82 Å². The van der Waals surface area contributed by atoms with Crippen LogP contribution < -0.4 is 0 Å². The number of halogens is 2. The van der Waals surface area contributed by atoms with Gasteiger partial charge < -0.3 is 0 Å². The van der Waals surface area contributed by atoms with Crippen LogP contribution in [0.3, 0.4) is 0 Å². The number of rotatable bonds is 2. The van der Waals surface area contributed by atoms with Gasteiger partial charge in [-0.2, -0.15) is 0 Å². The van der Waals surface area contributed by atoms with Crippen LogP contribution in [0.2, 0.25) is 0 Å². The van der Waals surface area contributed by atoms with Gasteiger partial charge >= 0.3 is 0 Å². The number of nitrogens with zero attached hydrogens (tertiary/aromatic N) is 3. The summed E-state index contributed by atoms with van der Waals surface area (Å²) in [5.74, 6) is -0.173. The number of aryl methyl sites for hydroxylation is 1. The molecule has 0 atom stereocenters. The van der Waals surface area contributed by atoms with Crippen LogP contribution in [0.15, 0.2) is 23.4 Å². The largest absolute Gasteiger partial charge is 0.296 e. The maximum Gasteiger partial charge on any atom is 0.296 e. The molecule has 0 spiro atoms. The zero-order valence-electron chi connectivity index (χ0n) is 12.1. The molecule has 0 aliphatic carbocycles. The Bertz CT molecular complexity index is 774. The van der Waals surface area contributed by atoms with Crippen LogP contribution in [0.4, 0.5) is 4.39 Å². The molecule has 1 aromatic carbocycles. The normalized spacial score (nSPS) is 12.7. The molecular weight excluding hydrogens is 317 g/mol. The molecule has 0 saturated carbocycles. The first-order chi connectivity index (χ1) is 9.50. The van der Waals surface area contributed by atoms with Gasteiger partial charge in [-0.1, -0.05) is 0 Å². The van der Waals surface area contributed by atoms with Crippen molar-refractivity contribution in [2.24, 2.45) is 0 Å². The third-order valence-corrected chi connectivity index (χ3v) is 3.94. The molecule has 5 nitrogen and oxygen atoms in total. The molecule has 1 aromatic heterocycles. The first-order valence-electron chi connectivity index (χ1n) is 6.18. The van der Waals surface area contributed by atoms with E-state index in [-0.39, 0.29) is 11.0 Å². The van der Waals surface area contributed by atoms with E-state index in [0.29, 0.717) is 11.1 Å². The molecule has 114 valence electrons. The van der Waals surface area contributed by atoms with Crippen LogP contribution in [0.25, 0.3) is 11.4 Å². The highest BCUT2D eigenvalue weighted by Crippen LogP contribution is 2.30. The van der Waals surface area contributed by atoms with Gasteiger partial charge in [0, 0.05) is 21.8 Å². The van der Waals surface area contributed by atoms with Crippen LogP contribution in [-0.4, -0.2) is 23.2 Å². The van der Waals surface area contributed by atoms with E-state index in [1.165, 1.54) is 16.7 Å². The van der Waals surface area contributed by atoms with Crippen LogP contribution >= 0.6 is 10.7 Å². The Morgan fingerprint density at radius 2 is 1.81 bits per heavy atom. The minimum absolute atomic E-state index is 0.254. The topological polar surface area (TPSA) is 64.8 Å². The average molecular weight is 332 g/mol. The number of hydrogen-bond acceptors (Lipinski definition) is 4. The first-order valence-corrected chi connectivity index (χ1v) is 8.49. The smallest absolute Gasteiger partial charge is 0.291 e. The summed E-state index contributed by atoms with van der Waals surface area (Å²) in [5.41, 5.74) is 0.501.